The minimum Gasteiger partial charge on any atom is -0.487 e. The van der Waals surface area contributed by atoms with Gasteiger partial charge < -0.3 is 15.2 Å². The van der Waals surface area contributed by atoms with E-state index in [9.17, 15) is 0 Å². The van der Waals surface area contributed by atoms with Gasteiger partial charge in [0, 0.05) is 12.6 Å². The molecule has 0 aliphatic heterocycles. The number of nitrogens with two attached hydrogens (primary N) is 1. The standard InChI is InChI=1S/C13H20ClNO2/c1-4-16-8-9(2)17-13-6-5-11(10(3)15)7-12(13)14/h5-7,9-10H,4,8,15H2,1-3H3. The molecule has 0 heterocycles. The fourth-order valence-corrected chi connectivity index (χ4v) is 1.66. The van der Waals surface area contributed by atoms with E-state index in [4.69, 9.17) is 26.8 Å². The number of ether oxygens (including phenoxy) is 2. The third kappa shape index (κ3) is 4.54. The number of halogens is 1. The fraction of sp³-hybridized carbons (Fsp3) is 0.538. The molecule has 4 heteroatoms. The second-order valence-corrected chi connectivity index (χ2v) is 4.47. The van der Waals surface area contributed by atoms with E-state index >= 15 is 0 Å². The Kier molecular flexibility index (Phi) is 5.75. The summed E-state index contributed by atoms with van der Waals surface area (Å²) in [5.41, 5.74) is 6.78. The molecule has 3 nitrogen and oxygen atoms in total. The quantitative estimate of drug-likeness (QED) is 0.851. The van der Waals surface area contributed by atoms with Crippen LogP contribution in [0.5, 0.6) is 5.75 Å². The van der Waals surface area contributed by atoms with E-state index in [1.165, 1.54) is 0 Å². The Labute approximate surface area is 108 Å². The Bertz CT molecular complexity index is 355. The summed E-state index contributed by atoms with van der Waals surface area (Å²) in [4.78, 5) is 0. The first-order chi connectivity index (χ1) is 8.04. The zero-order valence-corrected chi connectivity index (χ0v) is 11.3. The Hall–Kier alpha value is -0.770. The van der Waals surface area contributed by atoms with Crippen LogP contribution in [0.2, 0.25) is 5.02 Å². The first kappa shape index (κ1) is 14.3. The number of rotatable bonds is 6. The summed E-state index contributed by atoms with van der Waals surface area (Å²) >= 11 is 6.13. The molecule has 0 saturated heterocycles. The lowest BCUT2D eigenvalue weighted by Gasteiger charge is -2.16. The second kappa shape index (κ2) is 6.84. The molecule has 2 unspecified atom stereocenters. The highest BCUT2D eigenvalue weighted by Crippen LogP contribution is 2.28. The summed E-state index contributed by atoms with van der Waals surface area (Å²) in [7, 11) is 0. The summed E-state index contributed by atoms with van der Waals surface area (Å²) in [6.45, 7) is 7.07. The minimum atomic E-state index is -0.0256. The average molecular weight is 258 g/mol. The van der Waals surface area contributed by atoms with Crippen LogP contribution in [0, 0.1) is 0 Å². The average Bonchev–Trinajstić information content (AvgIpc) is 2.28. The normalized spacial score (nSPS) is 14.4. The predicted molar refractivity (Wildman–Crippen MR) is 70.6 cm³/mol. The number of hydrogen-bond donors (Lipinski definition) is 1. The summed E-state index contributed by atoms with van der Waals surface area (Å²) in [6, 6.07) is 5.60. The minimum absolute atomic E-state index is 0.0198. The molecule has 0 amide bonds. The summed E-state index contributed by atoms with van der Waals surface area (Å²) in [5.74, 6) is 0.670. The van der Waals surface area contributed by atoms with Crippen LogP contribution in [0.4, 0.5) is 0 Å². The Morgan fingerprint density at radius 3 is 2.59 bits per heavy atom. The van der Waals surface area contributed by atoms with Crippen molar-refractivity contribution in [2.24, 2.45) is 5.73 Å². The maximum Gasteiger partial charge on any atom is 0.138 e. The van der Waals surface area contributed by atoms with Gasteiger partial charge in [0.05, 0.1) is 11.6 Å². The van der Waals surface area contributed by atoms with Gasteiger partial charge in [-0.2, -0.15) is 0 Å². The van der Waals surface area contributed by atoms with Gasteiger partial charge in [0.25, 0.3) is 0 Å². The van der Waals surface area contributed by atoms with Crippen molar-refractivity contribution >= 4 is 11.6 Å². The van der Waals surface area contributed by atoms with Crippen molar-refractivity contribution in [1.29, 1.82) is 0 Å². The zero-order chi connectivity index (χ0) is 12.8. The molecule has 1 aromatic carbocycles. The van der Waals surface area contributed by atoms with Crippen molar-refractivity contribution < 1.29 is 9.47 Å². The maximum absolute atomic E-state index is 6.13. The Balaban J connectivity index is 2.65. The lowest BCUT2D eigenvalue weighted by molar-refractivity contribution is 0.0657. The molecule has 2 N–H and O–H groups in total. The topological polar surface area (TPSA) is 44.5 Å². The molecule has 0 bridgehead atoms. The molecule has 0 fully saturated rings. The van der Waals surface area contributed by atoms with Crippen LogP contribution in [0.25, 0.3) is 0 Å². The van der Waals surface area contributed by atoms with E-state index in [1.54, 1.807) is 0 Å². The molecule has 2 atom stereocenters. The highest BCUT2D eigenvalue weighted by Gasteiger charge is 2.09. The first-order valence-corrected chi connectivity index (χ1v) is 6.21. The molecule has 1 aromatic rings. The fourth-order valence-electron chi connectivity index (χ4n) is 1.43. The van der Waals surface area contributed by atoms with E-state index in [2.05, 4.69) is 0 Å². The highest BCUT2D eigenvalue weighted by atomic mass is 35.5. The van der Waals surface area contributed by atoms with Gasteiger partial charge in [-0.25, -0.2) is 0 Å². The van der Waals surface area contributed by atoms with Crippen LogP contribution < -0.4 is 10.5 Å². The molecule has 0 saturated carbocycles. The van der Waals surface area contributed by atoms with E-state index in [0.717, 1.165) is 5.56 Å². The molecule has 0 radical (unpaired) electrons. The molecule has 0 aliphatic carbocycles. The molecule has 0 aliphatic rings. The van der Waals surface area contributed by atoms with E-state index < -0.39 is 0 Å². The van der Waals surface area contributed by atoms with Gasteiger partial charge in [-0.15, -0.1) is 0 Å². The maximum atomic E-state index is 6.13. The van der Waals surface area contributed by atoms with Crippen molar-refractivity contribution in [2.45, 2.75) is 32.9 Å². The monoisotopic (exact) mass is 257 g/mol. The first-order valence-electron chi connectivity index (χ1n) is 5.84. The van der Waals surface area contributed by atoms with Crippen molar-refractivity contribution in [1.82, 2.24) is 0 Å². The van der Waals surface area contributed by atoms with Crippen LogP contribution in [-0.4, -0.2) is 19.3 Å². The van der Waals surface area contributed by atoms with Crippen molar-refractivity contribution in [3.63, 3.8) is 0 Å². The van der Waals surface area contributed by atoms with Gasteiger partial charge >= 0.3 is 0 Å². The van der Waals surface area contributed by atoms with Crippen LogP contribution in [0.1, 0.15) is 32.4 Å². The Morgan fingerprint density at radius 1 is 1.35 bits per heavy atom. The summed E-state index contributed by atoms with van der Waals surface area (Å²) in [6.07, 6.45) is -0.0198. The largest absolute Gasteiger partial charge is 0.487 e. The lowest BCUT2D eigenvalue weighted by atomic mass is 10.1. The van der Waals surface area contributed by atoms with E-state index in [1.807, 2.05) is 39.0 Å². The smallest absolute Gasteiger partial charge is 0.138 e. The number of benzene rings is 1. The highest BCUT2D eigenvalue weighted by molar-refractivity contribution is 6.32. The van der Waals surface area contributed by atoms with Gasteiger partial charge in [0.1, 0.15) is 11.9 Å². The molecule has 0 aromatic heterocycles. The van der Waals surface area contributed by atoms with Gasteiger partial charge in [-0.3, -0.25) is 0 Å². The lowest BCUT2D eigenvalue weighted by Crippen LogP contribution is -2.19. The number of hydrogen-bond acceptors (Lipinski definition) is 3. The van der Waals surface area contributed by atoms with Crippen LogP contribution in [0.15, 0.2) is 18.2 Å². The van der Waals surface area contributed by atoms with Gasteiger partial charge in [-0.1, -0.05) is 17.7 Å². The molecule has 0 spiro atoms. The van der Waals surface area contributed by atoms with Gasteiger partial charge in [0.15, 0.2) is 0 Å². The van der Waals surface area contributed by atoms with Crippen molar-refractivity contribution in [3.8, 4) is 5.75 Å². The van der Waals surface area contributed by atoms with E-state index in [0.29, 0.717) is 24.0 Å². The van der Waals surface area contributed by atoms with Gasteiger partial charge in [0.2, 0.25) is 0 Å². The molecular weight excluding hydrogens is 238 g/mol. The Morgan fingerprint density at radius 2 is 2.06 bits per heavy atom. The molecule has 1 rings (SSSR count). The van der Waals surface area contributed by atoms with Crippen LogP contribution >= 0.6 is 11.6 Å². The zero-order valence-electron chi connectivity index (χ0n) is 10.6. The van der Waals surface area contributed by atoms with Crippen molar-refractivity contribution in [2.75, 3.05) is 13.2 Å². The molecular formula is C13H20ClNO2. The molecule has 96 valence electrons. The SMILES string of the molecule is CCOCC(C)Oc1ccc(C(C)N)cc1Cl. The van der Waals surface area contributed by atoms with Crippen molar-refractivity contribution in [3.05, 3.63) is 28.8 Å². The third-order valence-corrected chi connectivity index (χ3v) is 2.66. The second-order valence-electron chi connectivity index (χ2n) is 4.07. The molecule has 17 heavy (non-hydrogen) atoms. The van der Waals surface area contributed by atoms with Gasteiger partial charge in [-0.05, 0) is 38.5 Å². The summed E-state index contributed by atoms with van der Waals surface area (Å²) in [5, 5.41) is 0.586. The van der Waals surface area contributed by atoms with E-state index in [-0.39, 0.29) is 12.1 Å². The van der Waals surface area contributed by atoms with Crippen LogP contribution in [0.3, 0.4) is 0 Å². The van der Waals surface area contributed by atoms with Crippen LogP contribution in [-0.2, 0) is 4.74 Å². The summed E-state index contributed by atoms with van der Waals surface area (Å²) < 4.78 is 11.0. The third-order valence-electron chi connectivity index (χ3n) is 2.37. The predicted octanol–water partition coefficient (Wildman–Crippen LogP) is 3.16.